The van der Waals surface area contributed by atoms with Gasteiger partial charge in [-0.3, -0.25) is 14.9 Å². The van der Waals surface area contributed by atoms with Gasteiger partial charge in [-0.2, -0.15) is 0 Å². The van der Waals surface area contributed by atoms with E-state index in [4.69, 9.17) is 19.0 Å². The summed E-state index contributed by atoms with van der Waals surface area (Å²) in [5.74, 6) is -2.80. The van der Waals surface area contributed by atoms with Crippen LogP contribution in [0.1, 0.15) is 74.5 Å². The molecule has 62 heavy (non-hydrogen) atoms. The van der Waals surface area contributed by atoms with Gasteiger partial charge in [0.15, 0.2) is 0 Å². The van der Waals surface area contributed by atoms with Crippen LogP contribution in [-0.2, 0) is 20.9 Å². The minimum absolute atomic E-state index is 0.00350. The molecule has 3 aliphatic rings. The number of nitro groups is 1. The topological polar surface area (TPSA) is 182 Å². The highest BCUT2D eigenvalue weighted by Gasteiger charge is 2.65. The number of hydrogen-bond acceptors (Lipinski definition) is 11. The van der Waals surface area contributed by atoms with Crippen molar-refractivity contribution in [1.82, 2.24) is 10.2 Å². The van der Waals surface area contributed by atoms with Crippen LogP contribution in [-0.4, -0.2) is 83.1 Å². The number of oxime groups is 1. The summed E-state index contributed by atoms with van der Waals surface area (Å²) in [7, 11) is 1.46. The average molecular weight is 855 g/mol. The highest BCUT2D eigenvalue weighted by Crippen LogP contribution is 2.62. The lowest BCUT2D eigenvalue weighted by Gasteiger charge is -2.60. The van der Waals surface area contributed by atoms with Gasteiger partial charge < -0.3 is 39.5 Å². The van der Waals surface area contributed by atoms with Crippen molar-refractivity contribution >= 4 is 29.5 Å². The van der Waals surface area contributed by atoms with Gasteiger partial charge in [0.2, 0.25) is 11.7 Å². The molecule has 1 saturated carbocycles. The fourth-order valence-electron chi connectivity index (χ4n) is 9.21. The van der Waals surface area contributed by atoms with E-state index in [1.165, 1.54) is 37.5 Å². The fraction of sp³-hybridized carbons (Fsp3) is 0.426. The Morgan fingerprint density at radius 1 is 1.06 bits per heavy atom. The monoisotopic (exact) mass is 854 g/mol. The Kier molecular flexibility index (Phi) is 15.6. The van der Waals surface area contributed by atoms with Gasteiger partial charge in [-0.15, -0.1) is 6.58 Å². The van der Waals surface area contributed by atoms with E-state index in [2.05, 4.69) is 23.1 Å². The van der Waals surface area contributed by atoms with Crippen LogP contribution in [0.25, 0.3) is 6.08 Å². The number of nitrogens with one attached hydrogen (secondary N) is 1. The van der Waals surface area contributed by atoms with Gasteiger partial charge in [0.05, 0.1) is 23.2 Å². The zero-order valence-electron chi connectivity index (χ0n) is 35.1. The zero-order chi connectivity index (χ0) is 44.2. The third-order valence-electron chi connectivity index (χ3n) is 11.8. The van der Waals surface area contributed by atoms with Crippen molar-refractivity contribution in [2.45, 2.75) is 76.2 Å². The van der Waals surface area contributed by atoms with Crippen molar-refractivity contribution in [3.63, 3.8) is 0 Å². The Hall–Kier alpha value is -5.90. The Morgan fingerprint density at radius 2 is 1.79 bits per heavy atom. The molecule has 6 rings (SSSR count). The summed E-state index contributed by atoms with van der Waals surface area (Å²) in [6.45, 7) is 6.24. The molecule has 3 aromatic carbocycles. The van der Waals surface area contributed by atoms with E-state index in [9.17, 15) is 34.3 Å². The predicted molar refractivity (Wildman–Crippen MR) is 231 cm³/mol. The Bertz CT molecular complexity index is 2140. The number of fused-ring (bicyclic) bond motifs is 2. The number of carbonyl (C=O) groups is 2. The molecule has 3 N–H and O–H groups in total. The van der Waals surface area contributed by atoms with E-state index < -0.39 is 40.5 Å². The highest BCUT2D eigenvalue weighted by atomic mass is 19.1. The molecule has 15 heteroatoms. The largest absolute Gasteiger partial charge is 0.459 e. The van der Waals surface area contributed by atoms with Gasteiger partial charge in [-0.05, 0) is 110 Å². The summed E-state index contributed by atoms with van der Waals surface area (Å²) in [6.07, 6.45) is 10.4. The number of benzene rings is 3. The lowest BCUT2D eigenvalue weighted by atomic mass is 9.55. The molecule has 0 bridgehead atoms. The summed E-state index contributed by atoms with van der Waals surface area (Å²) in [5.41, 5.74) is 3.26. The summed E-state index contributed by atoms with van der Waals surface area (Å²) < 4.78 is 34.2. The second kappa shape index (κ2) is 21.3. The molecule has 0 unspecified atom stereocenters. The lowest BCUT2D eigenvalue weighted by Crippen LogP contribution is -2.70. The van der Waals surface area contributed by atoms with Crippen LogP contribution >= 0.6 is 0 Å². The van der Waals surface area contributed by atoms with E-state index in [-0.39, 0.29) is 56.2 Å². The molecule has 6 atom stereocenters. The van der Waals surface area contributed by atoms with Crippen molar-refractivity contribution in [2.24, 2.45) is 22.9 Å². The second-order valence-corrected chi connectivity index (χ2v) is 15.6. The standard InChI is InChI=1S/C47H55FN4O10/c1-4-26-60-47-42(51(30-32-12-17-34(48)18-13-32)43(55)23-16-31-14-19-35(20-15-31)52(57)58)29-40(50-59-3)38-27-33(10-6-8-24-53)37(11-7-9-25-54)44(45(38)47)39-28-36(21-22-41(39)62-47)61-46(56)49-5-2/h4,12-23,27-28,33,37,42,44-45,53-54H,1,5-11,24-26,29-30H2,2-3H3,(H,49,56)/t33-,37+,42-,44+,45+,47+/m0/s1. The Balaban J connectivity index is 1.58. The van der Waals surface area contributed by atoms with Gasteiger partial charge in [0.1, 0.15) is 30.5 Å². The first kappa shape index (κ1) is 45.6. The molecule has 330 valence electrons. The number of nitrogens with zero attached hydrogens (tertiary/aromatic N) is 3. The number of rotatable bonds is 20. The third kappa shape index (κ3) is 10.2. The van der Waals surface area contributed by atoms with E-state index in [1.54, 1.807) is 60.4 Å². The Morgan fingerprint density at radius 3 is 2.45 bits per heavy atom. The lowest BCUT2D eigenvalue weighted by molar-refractivity contribution is -0.384. The molecule has 0 saturated heterocycles. The van der Waals surface area contributed by atoms with Crippen LogP contribution in [0.5, 0.6) is 11.5 Å². The number of non-ortho nitro benzene ring substituents is 1. The second-order valence-electron chi connectivity index (χ2n) is 15.6. The maximum atomic E-state index is 14.9. The SMILES string of the molecule is C=CCO[C@@]12Oc3ccc(OC(=O)NCC)cc3[C@H]3[C@H](CCCCO)[C@@H](CCCCO)C=C(C(=NOC)C[C@@H]1N(Cc1ccc(F)cc1)C(=O)C=Cc1ccc([N+](=O)[O-])cc1)[C@H]32. The highest BCUT2D eigenvalue weighted by molar-refractivity contribution is 6.03. The Labute approximate surface area is 360 Å². The van der Waals surface area contributed by atoms with E-state index in [1.807, 2.05) is 6.07 Å². The van der Waals surface area contributed by atoms with Crippen LogP contribution < -0.4 is 14.8 Å². The maximum absolute atomic E-state index is 14.9. The van der Waals surface area contributed by atoms with Gasteiger partial charge in [0, 0.05) is 62.4 Å². The van der Waals surface area contributed by atoms with Gasteiger partial charge in [-0.1, -0.05) is 42.3 Å². The fourth-order valence-corrected chi connectivity index (χ4v) is 9.21. The number of aliphatic hydroxyl groups excluding tert-OH is 2. The summed E-state index contributed by atoms with van der Waals surface area (Å²) in [4.78, 5) is 45.6. The number of ether oxygens (including phenoxy) is 3. The molecule has 2 amide bonds. The quantitative estimate of drug-likeness (QED) is 0.0333. The first-order chi connectivity index (χ1) is 30.1. The van der Waals surface area contributed by atoms with Crippen LogP contribution in [0.3, 0.4) is 0 Å². The molecule has 0 radical (unpaired) electrons. The van der Waals surface area contributed by atoms with E-state index >= 15 is 0 Å². The van der Waals surface area contributed by atoms with Crippen LogP contribution in [0.2, 0.25) is 0 Å². The van der Waals surface area contributed by atoms with Crippen LogP contribution in [0.15, 0.2) is 102 Å². The predicted octanol–water partition coefficient (Wildman–Crippen LogP) is 7.85. The van der Waals surface area contributed by atoms with Crippen molar-refractivity contribution in [1.29, 1.82) is 0 Å². The molecule has 14 nitrogen and oxygen atoms in total. The molecule has 1 heterocycles. The summed E-state index contributed by atoms with van der Waals surface area (Å²) in [5, 5.41) is 38.3. The van der Waals surface area contributed by atoms with Crippen LogP contribution in [0, 0.1) is 33.7 Å². The minimum atomic E-state index is -1.59. The average Bonchev–Trinajstić information content (AvgIpc) is 3.26. The summed E-state index contributed by atoms with van der Waals surface area (Å²) in [6, 6.07) is 16.0. The van der Waals surface area contributed by atoms with Crippen molar-refractivity contribution in [2.75, 3.05) is 33.5 Å². The molecule has 2 aliphatic carbocycles. The number of hydrogen-bond donors (Lipinski definition) is 3. The summed E-state index contributed by atoms with van der Waals surface area (Å²) >= 11 is 0. The van der Waals surface area contributed by atoms with Gasteiger partial charge in [-0.25, -0.2) is 9.18 Å². The van der Waals surface area contributed by atoms with Crippen molar-refractivity contribution in [3.05, 3.63) is 130 Å². The number of aliphatic hydroxyl groups is 2. The molecule has 0 aromatic heterocycles. The number of carbonyl (C=O) groups excluding carboxylic acids is 2. The van der Waals surface area contributed by atoms with Gasteiger partial charge in [0.25, 0.3) is 5.69 Å². The van der Waals surface area contributed by atoms with Crippen LogP contribution in [0.4, 0.5) is 14.9 Å². The van der Waals surface area contributed by atoms with Gasteiger partial charge >= 0.3 is 6.09 Å². The minimum Gasteiger partial charge on any atom is -0.459 e. The molecule has 0 spiro atoms. The third-order valence-corrected chi connectivity index (χ3v) is 11.8. The zero-order valence-corrected chi connectivity index (χ0v) is 35.1. The normalized spacial score (nSPS) is 23.1. The van der Waals surface area contributed by atoms with E-state index in [0.717, 1.165) is 24.0 Å². The molecular weight excluding hydrogens is 800 g/mol. The van der Waals surface area contributed by atoms with Crippen molar-refractivity contribution in [3.8, 4) is 11.5 Å². The number of halogens is 1. The number of nitro benzene ring substituents is 1. The molecule has 1 aliphatic heterocycles. The number of unbranched alkanes of at least 4 members (excludes halogenated alkanes) is 2. The first-order valence-electron chi connectivity index (χ1n) is 21.1. The first-order valence-corrected chi connectivity index (χ1v) is 21.1. The van der Waals surface area contributed by atoms with Crippen molar-refractivity contribution < 1.29 is 48.2 Å². The number of amides is 2. The molecular formula is C47H55FN4O10. The molecule has 3 aromatic rings. The number of allylic oxidation sites excluding steroid dienone is 1. The smallest absolute Gasteiger partial charge is 0.412 e. The van der Waals surface area contributed by atoms with E-state index in [0.29, 0.717) is 60.6 Å². The molecule has 1 fully saturated rings. The maximum Gasteiger partial charge on any atom is 0.412 e.